The van der Waals surface area contributed by atoms with Crippen LogP contribution in [0.3, 0.4) is 0 Å². The molecule has 5 heteroatoms. The summed E-state index contributed by atoms with van der Waals surface area (Å²) in [6.45, 7) is 6.19. The maximum absolute atomic E-state index is 5.21. The lowest BCUT2D eigenvalue weighted by atomic mass is 10.0. The van der Waals surface area contributed by atoms with Crippen molar-refractivity contribution >= 4 is 23.1 Å². The molecule has 0 aliphatic heterocycles. The number of aromatic nitrogens is 4. The topological polar surface area (TPSA) is 46.5 Å². The van der Waals surface area contributed by atoms with Gasteiger partial charge in [-0.2, -0.15) is 5.10 Å². The molecule has 20 heavy (non-hydrogen) atoms. The van der Waals surface area contributed by atoms with Crippen LogP contribution in [0.2, 0.25) is 0 Å². The van der Waals surface area contributed by atoms with Crippen LogP contribution in [-0.4, -0.2) is 19.7 Å². The van der Waals surface area contributed by atoms with Gasteiger partial charge in [0, 0.05) is 23.7 Å². The summed E-state index contributed by atoms with van der Waals surface area (Å²) < 4.78 is 2.51. The Kier molecular flexibility index (Phi) is 2.94. The van der Waals surface area contributed by atoms with E-state index in [0.29, 0.717) is 4.77 Å². The fourth-order valence-corrected chi connectivity index (χ4v) is 2.71. The van der Waals surface area contributed by atoms with Crippen molar-refractivity contribution in [3.63, 3.8) is 0 Å². The van der Waals surface area contributed by atoms with Gasteiger partial charge in [-0.1, -0.05) is 11.6 Å². The minimum Gasteiger partial charge on any atom is -0.303 e. The predicted octanol–water partition coefficient (Wildman–Crippen LogP) is 3.62. The summed E-state index contributed by atoms with van der Waals surface area (Å²) in [6, 6.07) is 6.37. The maximum Gasteiger partial charge on any atom is 0.195 e. The molecular weight excluding hydrogens is 268 g/mol. The quantitative estimate of drug-likeness (QED) is 0.694. The number of pyridine rings is 1. The van der Waals surface area contributed by atoms with Gasteiger partial charge in [0.1, 0.15) is 0 Å². The molecule has 2 heterocycles. The number of fused-ring (bicyclic) bond motifs is 1. The zero-order valence-corrected chi connectivity index (χ0v) is 12.8. The van der Waals surface area contributed by atoms with Gasteiger partial charge in [0.25, 0.3) is 0 Å². The Hall–Kier alpha value is -2.01. The van der Waals surface area contributed by atoms with E-state index >= 15 is 0 Å². The van der Waals surface area contributed by atoms with Gasteiger partial charge in [-0.05, 0) is 50.7 Å². The van der Waals surface area contributed by atoms with E-state index < -0.39 is 0 Å². The first-order valence-corrected chi connectivity index (χ1v) is 6.88. The molecule has 0 spiro atoms. The Morgan fingerprint density at radius 3 is 2.55 bits per heavy atom. The number of nitrogens with zero attached hydrogens (tertiary/aromatic N) is 3. The number of hydrogen-bond acceptors (Lipinski definition) is 3. The molecule has 0 bridgehead atoms. The summed E-state index contributed by atoms with van der Waals surface area (Å²) in [4.78, 5) is 4.67. The Balaban J connectivity index is 2.46. The molecule has 1 N–H and O–H groups in total. The first kappa shape index (κ1) is 13.0. The van der Waals surface area contributed by atoms with Crippen molar-refractivity contribution in [2.24, 2.45) is 7.05 Å². The lowest BCUT2D eigenvalue weighted by molar-refractivity contribution is 0.902. The number of benzene rings is 1. The molecule has 0 saturated heterocycles. The highest BCUT2D eigenvalue weighted by Gasteiger charge is 2.13. The van der Waals surface area contributed by atoms with Crippen LogP contribution in [0.5, 0.6) is 0 Å². The van der Waals surface area contributed by atoms with Gasteiger partial charge in [0.05, 0.1) is 5.52 Å². The second kappa shape index (κ2) is 4.52. The summed E-state index contributed by atoms with van der Waals surface area (Å²) >= 11 is 5.21. The van der Waals surface area contributed by atoms with Crippen LogP contribution < -0.4 is 0 Å². The van der Waals surface area contributed by atoms with Gasteiger partial charge >= 0.3 is 0 Å². The molecule has 2 aromatic heterocycles. The zero-order chi connectivity index (χ0) is 14.4. The number of rotatable bonds is 1. The van der Waals surface area contributed by atoms with Gasteiger partial charge in [0.2, 0.25) is 0 Å². The standard InChI is InChI=1S/C15H16N4S/c1-8-5-9(2)13-11(6-8)12(7-10(3)16-13)14-17-18-15(20)19(14)4/h5-7H,1-4H3,(H,18,20). The van der Waals surface area contributed by atoms with Crippen molar-refractivity contribution in [2.45, 2.75) is 20.8 Å². The SMILES string of the molecule is Cc1cc(C)c2nc(C)cc(-c3n[nH]c(=S)n3C)c2c1. The predicted molar refractivity (Wildman–Crippen MR) is 83.3 cm³/mol. The van der Waals surface area contributed by atoms with Gasteiger partial charge in [-0.15, -0.1) is 0 Å². The molecule has 1 aromatic carbocycles. The molecule has 0 fully saturated rings. The van der Waals surface area contributed by atoms with Crippen molar-refractivity contribution < 1.29 is 0 Å². The zero-order valence-electron chi connectivity index (χ0n) is 12.0. The van der Waals surface area contributed by atoms with Crippen molar-refractivity contribution in [3.8, 4) is 11.4 Å². The first-order chi connectivity index (χ1) is 9.47. The van der Waals surface area contributed by atoms with E-state index in [-0.39, 0.29) is 0 Å². The lowest BCUT2D eigenvalue weighted by Gasteiger charge is -2.10. The monoisotopic (exact) mass is 284 g/mol. The maximum atomic E-state index is 5.21. The van der Waals surface area contributed by atoms with E-state index in [2.05, 4.69) is 47.2 Å². The van der Waals surface area contributed by atoms with E-state index in [0.717, 1.165) is 28.0 Å². The Bertz CT molecular complexity index is 873. The van der Waals surface area contributed by atoms with Crippen LogP contribution in [-0.2, 0) is 7.05 Å². The second-order valence-electron chi connectivity index (χ2n) is 5.20. The number of aromatic amines is 1. The van der Waals surface area contributed by atoms with Crippen LogP contribution in [0.15, 0.2) is 18.2 Å². The number of aryl methyl sites for hydroxylation is 3. The molecule has 0 unspecified atom stereocenters. The smallest absolute Gasteiger partial charge is 0.195 e. The Morgan fingerprint density at radius 2 is 1.90 bits per heavy atom. The lowest BCUT2D eigenvalue weighted by Crippen LogP contribution is -1.97. The van der Waals surface area contributed by atoms with Gasteiger partial charge < -0.3 is 4.57 Å². The average Bonchev–Trinajstić information content (AvgIpc) is 2.70. The number of nitrogens with one attached hydrogen (secondary N) is 1. The fourth-order valence-electron chi connectivity index (χ4n) is 2.58. The molecule has 0 amide bonds. The van der Waals surface area contributed by atoms with E-state index in [1.807, 2.05) is 18.5 Å². The third-order valence-corrected chi connectivity index (χ3v) is 3.86. The summed E-state index contributed by atoms with van der Waals surface area (Å²) in [6.07, 6.45) is 0. The second-order valence-corrected chi connectivity index (χ2v) is 5.59. The highest BCUT2D eigenvalue weighted by Crippen LogP contribution is 2.29. The van der Waals surface area contributed by atoms with Crippen molar-refractivity contribution in [2.75, 3.05) is 0 Å². The first-order valence-electron chi connectivity index (χ1n) is 6.48. The Morgan fingerprint density at radius 1 is 1.15 bits per heavy atom. The summed E-state index contributed by atoms with van der Waals surface area (Å²) in [5.41, 5.74) is 5.47. The molecule has 0 atom stereocenters. The Labute approximate surface area is 122 Å². The highest BCUT2D eigenvalue weighted by atomic mass is 32.1. The van der Waals surface area contributed by atoms with E-state index in [1.54, 1.807) is 0 Å². The molecule has 4 nitrogen and oxygen atoms in total. The molecule has 0 saturated carbocycles. The minimum atomic E-state index is 0.618. The fraction of sp³-hybridized carbons (Fsp3) is 0.267. The van der Waals surface area contributed by atoms with Gasteiger partial charge in [0.15, 0.2) is 10.6 Å². The normalized spacial score (nSPS) is 11.2. The summed E-state index contributed by atoms with van der Waals surface area (Å²) in [7, 11) is 1.92. The van der Waals surface area contributed by atoms with Crippen LogP contribution in [0, 0.1) is 25.5 Å². The average molecular weight is 284 g/mol. The third-order valence-electron chi connectivity index (χ3n) is 3.50. The van der Waals surface area contributed by atoms with E-state index in [9.17, 15) is 0 Å². The molecule has 0 aliphatic carbocycles. The van der Waals surface area contributed by atoms with Crippen molar-refractivity contribution in [3.05, 3.63) is 39.8 Å². The van der Waals surface area contributed by atoms with Crippen molar-refractivity contribution in [1.29, 1.82) is 0 Å². The largest absolute Gasteiger partial charge is 0.303 e. The molecule has 102 valence electrons. The molecule has 3 aromatic rings. The summed E-state index contributed by atoms with van der Waals surface area (Å²) in [5, 5.41) is 8.31. The molecular formula is C15H16N4S. The highest BCUT2D eigenvalue weighted by molar-refractivity contribution is 7.71. The van der Waals surface area contributed by atoms with Crippen LogP contribution in [0.4, 0.5) is 0 Å². The van der Waals surface area contributed by atoms with E-state index in [4.69, 9.17) is 12.2 Å². The third kappa shape index (κ3) is 1.94. The number of H-pyrrole nitrogens is 1. The van der Waals surface area contributed by atoms with Crippen molar-refractivity contribution in [1.82, 2.24) is 19.7 Å². The van der Waals surface area contributed by atoms with Crippen LogP contribution in [0.25, 0.3) is 22.3 Å². The van der Waals surface area contributed by atoms with E-state index in [1.165, 1.54) is 11.1 Å². The number of hydrogen-bond donors (Lipinski definition) is 1. The molecule has 0 radical (unpaired) electrons. The van der Waals surface area contributed by atoms with Crippen LogP contribution >= 0.6 is 12.2 Å². The van der Waals surface area contributed by atoms with Gasteiger partial charge in [-0.25, -0.2) is 0 Å². The van der Waals surface area contributed by atoms with Gasteiger partial charge in [-0.3, -0.25) is 10.1 Å². The minimum absolute atomic E-state index is 0.618. The molecule has 0 aliphatic rings. The summed E-state index contributed by atoms with van der Waals surface area (Å²) in [5.74, 6) is 0.843. The van der Waals surface area contributed by atoms with Crippen LogP contribution in [0.1, 0.15) is 16.8 Å². The molecule has 3 rings (SSSR count).